The highest BCUT2D eigenvalue weighted by Gasteiger charge is 2.35. The zero-order chi connectivity index (χ0) is 15.4. The van der Waals surface area contributed by atoms with Crippen molar-refractivity contribution in [2.75, 3.05) is 0 Å². The molecule has 0 unspecified atom stereocenters. The van der Waals surface area contributed by atoms with E-state index < -0.39 is 0 Å². The van der Waals surface area contributed by atoms with Gasteiger partial charge in [0, 0.05) is 24.4 Å². The summed E-state index contributed by atoms with van der Waals surface area (Å²) < 4.78 is 1.90. The number of hydrogen-bond donors (Lipinski definition) is 1. The quantitative estimate of drug-likeness (QED) is 0.921. The Morgan fingerprint density at radius 2 is 1.95 bits per heavy atom. The highest BCUT2D eigenvalue weighted by atomic mass is 16.2. The van der Waals surface area contributed by atoms with Gasteiger partial charge < -0.3 is 5.32 Å². The number of hydrogen-bond acceptors (Lipinski definition) is 2. The summed E-state index contributed by atoms with van der Waals surface area (Å²) in [7, 11) is 0. The third-order valence-electron chi connectivity index (χ3n) is 4.70. The maximum atomic E-state index is 12.4. The minimum absolute atomic E-state index is 0.170. The van der Waals surface area contributed by atoms with Crippen molar-refractivity contribution >= 4 is 5.91 Å². The molecule has 1 aromatic heterocycles. The molecule has 1 fully saturated rings. The van der Waals surface area contributed by atoms with Crippen molar-refractivity contribution in [2.24, 2.45) is 5.41 Å². The van der Waals surface area contributed by atoms with E-state index in [9.17, 15) is 4.79 Å². The van der Waals surface area contributed by atoms with Crippen molar-refractivity contribution in [3.63, 3.8) is 0 Å². The zero-order valence-electron chi connectivity index (χ0n) is 13.1. The summed E-state index contributed by atoms with van der Waals surface area (Å²) in [5.41, 5.74) is 2.19. The zero-order valence-corrected chi connectivity index (χ0v) is 13.1. The first-order valence-electron chi connectivity index (χ1n) is 8.00. The number of carbonyl (C=O) groups is 1. The van der Waals surface area contributed by atoms with Crippen molar-refractivity contribution in [3.8, 4) is 0 Å². The molecule has 0 spiro atoms. The van der Waals surface area contributed by atoms with Crippen LogP contribution in [0.5, 0.6) is 0 Å². The first-order chi connectivity index (χ1) is 10.7. The third kappa shape index (κ3) is 3.21. The molecule has 2 aromatic rings. The van der Waals surface area contributed by atoms with E-state index in [1.165, 1.54) is 18.4 Å². The van der Waals surface area contributed by atoms with E-state index >= 15 is 0 Å². The third-order valence-corrected chi connectivity index (χ3v) is 4.70. The predicted octanol–water partition coefficient (Wildman–Crippen LogP) is 3.13. The van der Waals surface area contributed by atoms with Crippen LogP contribution in [0.15, 0.2) is 42.7 Å². The van der Waals surface area contributed by atoms with Crippen molar-refractivity contribution in [3.05, 3.63) is 53.9 Å². The topological polar surface area (TPSA) is 46.9 Å². The molecule has 4 heteroatoms. The molecule has 4 nitrogen and oxygen atoms in total. The van der Waals surface area contributed by atoms with Crippen molar-refractivity contribution in [2.45, 2.75) is 45.7 Å². The SMILES string of the molecule is CC1(C(=O)NCc2ccccc2Cn2cccn2)CCCC1. The summed E-state index contributed by atoms with van der Waals surface area (Å²) in [5.74, 6) is 0.193. The Labute approximate surface area is 131 Å². The minimum atomic E-state index is -0.170. The lowest BCUT2D eigenvalue weighted by Gasteiger charge is -2.22. The van der Waals surface area contributed by atoms with Gasteiger partial charge in [0.25, 0.3) is 0 Å². The van der Waals surface area contributed by atoms with E-state index in [0.29, 0.717) is 6.54 Å². The molecule has 0 bridgehead atoms. The molecule has 22 heavy (non-hydrogen) atoms. The van der Waals surface area contributed by atoms with Crippen LogP contribution < -0.4 is 5.32 Å². The molecule has 1 aromatic carbocycles. The molecule has 1 amide bonds. The van der Waals surface area contributed by atoms with Crippen LogP contribution in [0.2, 0.25) is 0 Å². The number of amides is 1. The summed E-state index contributed by atoms with van der Waals surface area (Å²) in [4.78, 5) is 12.4. The van der Waals surface area contributed by atoms with Crippen LogP contribution in [0.25, 0.3) is 0 Å². The maximum absolute atomic E-state index is 12.4. The summed E-state index contributed by atoms with van der Waals surface area (Å²) in [6, 6.07) is 10.1. The van der Waals surface area contributed by atoms with E-state index in [4.69, 9.17) is 0 Å². The number of nitrogens with zero attached hydrogens (tertiary/aromatic N) is 2. The normalized spacial score (nSPS) is 16.6. The largest absolute Gasteiger partial charge is 0.352 e. The smallest absolute Gasteiger partial charge is 0.226 e. The number of nitrogens with one attached hydrogen (secondary N) is 1. The summed E-state index contributed by atoms with van der Waals surface area (Å²) in [6.07, 6.45) is 8.08. The molecule has 1 aliphatic carbocycles. The second-order valence-electron chi connectivity index (χ2n) is 6.42. The average molecular weight is 297 g/mol. The van der Waals surface area contributed by atoms with Crippen LogP contribution >= 0.6 is 0 Å². The minimum Gasteiger partial charge on any atom is -0.352 e. The van der Waals surface area contributed by atoms with Crippen LogP contribution in [-0.4, -0.2) is 15.7 Å². The first kappa shape index (κ1) is 14.8. The number of carbonyl (C=O) groups excluding carboxylic acids is 1. The lowest BCUT2D eigenvalue weighted by Crippen LogP contribution is -2.36. The van der Waals surface area contributed by atoms with Crippen LogP contribution in [0.4, 0.5) is 0 Å². The van der Waals surface area contributed by atoms with E-state index in [0.717, 1.165) is 24.9 Å². The number of aromatic nitrogens is 2. The van der Waals surface area contributed by atoms with Gasteiger partial charge >= 0.3 is 0 Å². The van der Waals surface area contributed by atoms with E-state index in [1.54, 1.807) is 6.20 Å². The Bertz CT molecular complexity index is 628. The molecule has 0 radical (unpaired) electrons. The monoisotopic (exact) mass is 297 g/mol. The Balaban J connectivity index is 1.66. The van der Waals surface area contributed by atoms with Gasteiger partial charge in [-0.05, 0) is 30.0 Å². The Morgan fingerprint density at radius 3 is 2.64 bits per heavy atom. The Kier molecular flexibility index (Phi) is 4.27. The molecular weight excluding hydrogens is 274 g/mol. The van der Waals surface area contributed by atoms with Crippen LogP contribution in [-0.2, 0) is 17.9 Å². The molecule has 1 saturated carbocycles. The second-order valence-corrected chi connectivity index (χ2v) is 6.42. The molecule has 1 heterocycles. The molecule has 116 valence electrons. The van der Waals surface area contributed by atoms with E-state index in [-0.39, 0.29) is 11.3 Å². The summed E-state index contributed by atoms with van der Waals surface area (Å²) >= 11 is 0. The highest BCUT2D eigenvalue weighted by Crippen LogP contribution is 2.37. The fourth-order valence-corrected chi connectivity index (χ4v) is 3.22. The predicted molar refractivity (Wildman–Crippen MR) is 86.2 cm³/mol. The standard InChI is InChI=1S/C18H23N3O/c1-18(9-4-5-10-18)17(22)19-13-15-7-2-3-8-16(15)14-21-12-6-11-20-21/h2-3,6-8,11-12H,4-5,9-10,13-14H2,1H3,(H,19,22). The van der Waals surface area contributed by atoms with Crippen molar-refractivity contribution in [1.82, 2.24) is 15.1 Å². The van der Waals surface area contributed by atoms with Crippen molar-refractivity contribution < 1.29 is 4.79 Å². The summed E-state index contributed by atoms with van der Waals surface area (Å²) in [5, 5.41) is 7.38. The Hall–Kier alpha value is -2.10. The molecule has 1 aliphatic rings. The van der Waals surface area contributed by atoms with Gasteiger partial charge in [0.1, 0.15) is 0 Å². The van der Waals surface area contributed by atoms with E-state index in [1.807, 2.05) is 29.1 Å². The van der Waals surface area contributed by atoms with Gasteiger partial charge in [-0.3, -0.25) is 9.48 Å². The van der Waals surface area contributed by atoms with Gasteiger partial charge in [0.15, 0.2) is 0 Å². The van der Waals surface area contributed by atoms with Gasteiger partial charge in [-0.25, -0.2) is 0 Å². The molecule has 0 aliphatic heterocycles. The van der Waals surface area contributed by atoms with Crippen molar-refractivity contribution in [1.29, 1.82) is 0 Å². The molecule has 0 atom stereocenters. The van der Waals surface area contributed by atoms with Gasteiger partial charge in [-0.1, -0.05) is 44.0 Å². The highest BCUT2D eigenvalue weighted by molar-refractivity contribution is 5.82. The van der Waals surface area contributed by atoms with Crippen LogP contribution in [0.3, 0.4) is 0 Å². The second kappa shape index (κ2) is 6.34. The maximum Gasteiger partial charge on any atom is 0.226 e. The molecule has 0 saturated heterocycles. The van der Waals surface area contributed by atoms with Crippen LogP contribution in [0.1, 0.15) is 43.7 Å². The number of benzene rings is 1. The lowest BCUT2D eigenvalue weighted by molar-refractivity contribution is -0.130. The molecular formula is C18H23N3O. The fraction of sp³-hybridized carbons (Fsp3) is 0.444. The number of rotatable bonds is 5. The van der Waals surface area contributed by atoms with Gasteiger partial charge in [0.05, 0.1) is 6.54 Å². The first-order valence-corrected chi connectivity index (χ1v) is 8.00. The average Bonchev–Trinajstić information content (AvgIpc) is 3.18. The van der Waals surface area contributed by atoms with Crippen LogP contribution in [0, 0.1) is 5.41 Å². The fourth-order valence-electron chi connectivity index (χ4n) is 3.22. The molecule has 3 rings (SSSR count). The lowest BCUT2D eigenvalue weighted by atomic mass is 9.88. The Morgan fingerprint density at radius 1 is 1.23 bits per heavy atom. The van der Waals surface area contributed by atoms with E-state index in [2.05, 4.69) is 29.5 Å². The molecule has 1 N–H and O–H groups in total. The summed E-state index contributed by atoms with van der Waals surface area (Å²) in [6.45, 7) is 3.41. The van der Waals surface area contributed by atoms with Gasteiger partial charge in [-0.15, -0.1) is 0 Å². The van der Waals surface area contributed by atoms with Gasteiger partial charge in [-0.2, -0.15) is 5.10 Å². The van der Waals surface area contributed by atoms with Gasteiger partial charge in [0.2, 0.25) is 5.91 Å².